The Morgan fingerprint density at radius 2 is 2.36 bits per heavy atom. The number of rotatable bonds is 1. The molecule has 1 aromatic heterocycles. The molecule has 1 aliphatic heterocycles. The molecule has 74 valence electrons. The first-order valence-electron chi connectivity index (χ1n) is 4.38. The third kappa shape index (κ3) is 1.61. The van der Waals surface area contributed by atoms with E-state index in [1.807, 2.05) is 0 Å². The molecule has 1 aromatic rings. The number of amides is 1. The number of aromatic hydroxyl groups is 1. The van der Waals surface area contributed by atoms with Crippen molar-refractivity contribution in [3.05, 3.63) is 18.3 Å². The molecule has 0 unspecified atom stereocenters. The number of hydrogen-bond acceptors (Lipinski definition) is 4. The van der Waals surface area contributed by atoms with Gasteiger partial charge in [-0.05, 0) is 18.6 Å². The van der Waals surface area contributed by atoms with Gasteiger partial charge in [-0.3, -0.25) is 0 Å². The van der Waals surface area contributed by atoms with Crippen LogP contribution in [0.1, 0.15) is 6.42 Å². The van der Waals surface area contributed by atoms with Crippen molar-refractivity contribution in [2.75, 3.05) is 13.1 Å². The van der Waals surface area contributed by atoms with E-state index in [9.17, 15) is 9.90 Å². The number of aromatic nitrogens is 1. The van der Waals surface area contributed by atoms with Crippen LogP contribution in [0.4, 0.5) is 4.79 Å². The van der Waals surface area contributed by atoms with E-state index in [-0.39, 0.29) is 11.6 Å². The molecule has 0 atom stereocenters. The van der Waals surface area contributed by atoms with Gasteiger partial charge in [0.05, 0.1) is 0 Å². The Hall–Kier alpha value is -1.78. The monoisotopic (exact) mass is 194 g/mol. The summed E-state index contributed by atoms with van der Waals surface area (Å²) in [5, 5.41) is 9.27. The lowest BCUT2D eigenvalue weighted by molar-refractivity contribution is 0.122. The minimum Gasteiger partial charge on any atom is -0.503 e. The van der Waals surface area contributed by atoms with Gasteiger partial charge in [0, 0.05) is 19.3 Å². The lowest BCUT2D eigenvalue weighted by Crippen LogP contribution is -2.43. The zero-order valence-corrected chi connectivity index (χ0v) is 7.51. The van der Waals surface area contributed by atoms with Crippen molar-refractivity contribution >= 4 is 6.09 Å². The number of ether oxygens (including phenoxy) is 1. The smallest absolute Gasteiger partial charge is 0.416 e. The molecule has 0 radical (unpaired) electrons. The summed E-state index contributed by atoms with van der Waals surface area (Å²) in [5.74, 6) is -0.161. The molecular formula is C9H10N2O3. The summed E-state index contributed by atoms with van der Waals surface area (Å²) in [6.45, 7) is 1.43. The third-order valence-corrected chi connectivity index (χ3v) is 2.05. The van der Waals surface area contributed by atoms with Gasteiger partial charge >= 0.3 is 6.09 Å². The van der Waals surface area contributed by atoms with Gasteiger partial charge in [-0.1, -0.05) is 0 Å². The molecule has 1 saturated heterocycles. The summed E-state index contributed by atoms with van der Waals surface area (Å²) in [5.41, 5.74) is 0. The van der Waals surface area contributed by atoms with Crippen LogP contribution in [0.15, 0.2) is 18.3 Å². The van der Waals surface area contributed by atoms with Crippen molar-refractivity contribution in [2.45, 2.75) is 6.42 Å². The molecule has 0 bridgehead atoms. The predicted octanol–water partition coefficient (Wildman–Crippen LogP) is 0.992. The summed E-state index contributed by atoms with van der Waals surface area (Å²) in [6.07, 6.45) is 2.01. The maximum atomic E-state index is 11.3. The molecule has 1 fully saturated rings. The highest BCUT2D eigenvalue weighted by Gasteiger charge is 2.23. The van der Waals surface area contributed by atoms with Crippen LogP contribution in [0.25, 0.3) is 0 Å². The number of likely N-dealkylation sites (tertiary alicyclic amines) is 1. The molecule has 0 saturated carbocycles. The van der Waals surface area contributed by atoms with Crippen molar-refractivity contribution in [3.8, 4) is 11.6 Å². The summed E-state index contributed by atoms with van der Waals surface area (Å²) in [4.78, 5) is 16.6. The fourth-order valence-electron chi connectivity index (χ4n) is 1.11. The average Bonchev–Trinajstić information content (AvgIpc) is 2.05. The summed E-state index contributed by atoms with van der Waals surface area (Å²) < 4.78 is 4.87. The minimum absolute atomic E-state index is 0.0376. The summed E-state index contributed by atoms with van der Waals surface area (Å²) in [6, 6.07) is 2.99. The molecular weight excluding hydrogens is 184 g/mol. The fourth-order valence-corrected chi connectivity index (χ4v) is 1.11. The summed E-state index contributed by atoms with van der Waals surface area (Å²) in [7, 11) is 0. The molecule has 2 heterocycles. The number of hydrogen-bond donors (Lipinski definition) is 1. The van der Waals surface area contributed by atoms with Crippen molar-refractivity contribution in [1.29, 1.82) is 0 Å². The van der Waals surface area contributed by atoms with E-state index in [1.165, 1.54) is 12.3 Å². The minimum atomic E-state index is -0.453. The Kier molecular flexibility index (Phi) is 2.22. The second-order valence-electron chi connectivity index (χ2n) is 3.04. The summed E-state index contributed by atoms with van der Waals surface area (Å²) >= 11 is 0. The van der Waals surface area contributed by atoms with Gasteiger partial charge in [0.25, 0.3) is 5.88 Å². The SMILES string of the molecule is O=C(Oc1ncccc1O)N1CCC1. The van der Waals surface area contributed by atoms with Crippen LogP contribution in [-0.2, 0) is 0 Å². The quantitative estimate of drug-likeness (QED) is 0.724. The number of carbonyl (C=O) groups excluding carboxylic acids is 1. The lowest BCUT2D eigenvalue weighted by atomic mass is 10.2. The first-order valence-corrected chi connectivity index (χ1v) is 4.38. The van der Waals surface area contributed by atoms with E-state index in [1.54, 1.807) is 11.0 Å². The first-order chi connectivity index (χ1) is 6.77. The zero-order valence-electron chi connectivity index (χ0n) is 7.51. The average molecular weight is 194 g/mol. The molecule has 14 heavy (non-hydrogen) atoms. The van der Waals surface area contributed by atoms with Crippen molar-refractivity contribution in [1.82, 2.24) is 9.88 Å². The van der Waals surface area contributed by atoms with Gasteiger partial charge in [-0.25, -0.2) is 9.78 Å². The van der Waals surface area contributed by atoms with Crippen LogP contribution in [0.3, 0.4) is 0 Å². The zero-order chi connectivity index (χ0) is 9.97. The van der Waals surface area contributed by atoms with Gasteiger partial charge in [0.15, 0.2) is 5.75 Å². The highest BCUT2D eigenvalue weighted by Crippen LogP contribution is 2.22. The Bertz CT molecular complexity index is 350. The highest BCUT2D eigenvalue weighted by atomic mass is 16.6. The van der Waals surface area contributed by atoms with Crippen LogP contribution in [0.2, 0.25) is 0 Å². The van der Waals surface area contributed by atoms with Crippen molar-refractivity contribution in [2.24, 2.45) is 0 Å². The number of nitrogens with zero attached hydrogens (tertiary/aromatic N) is 2. The van der Waals surface area contributed by atoms with Crippen LogP contribution in [0, 0.1) is 0 Å². The van der Waals surface area contributed by atoms with Gasteiger partial charge in [-0.2, -0.15) is 0 Å². The number of carbonyl (C=O) groups is 1. The number of pyridine rings is 1. The van der Waals surface area contributed by atoms with Crippen molar-refractivity contribution in [3.63, 3.8) is 0 Å². The van der Waals surface area contributed by atoms with Crippen LogP contribution >= 0.6 is 0 Å². The standard InChI is InChI=1S/C9H10N2O3/c12-7-3-1-4-10-8(7)14-9(13)11-5-2-6-11/h1,3-4,12H,2,5-6H2. The molecule has 5 heteroatoms. The Balaban J connectivity index is 2.03. The van der Waals surface area contributed by atoms with Gasteiger partial charge in [0.2, 0.25) is 0 Å². The molecule has 2 rings (SSSR count). The maximum absolute atomic E-state index is 11.3. The van der Waals surface area contributed by atoms with Gasteiger partial charge < -0.3 is 14.7 Å². The van der Waals surface area contributed by atoms with Crippen LogP contribution in [0.5, 0.6) is 11.6 Å². The normalized spacial score (nSPS) is 14.7. The Labute approximate surface area is 80.9 Å². The second kappa shape index (κ2) is 3.53. The van der Waals surface area contributed by atoms with E-state index in [0.29, 0.717) is 13.1 Å². The third-order valence-electron chi connectivity index (χ3n) is 2.05. The largest absolute Gasteiger partial charge is 0.503 e. The van der Waals surface area contributed by atoms with Gasteiger partial charge in [0.1, 0.15) is 0 Å². The van der Waals surface area contributed by atoms with E-state index < -0.39 is 6.09 Å². The molecule has 0 aliphatic carbocycles. The molecule has 0 aromatic carbocycles. The molecule has 0 spiro atoms. The molecule has 1 aliphatic rings. The fraction of sp³-hybridized carbons (Fsp3) is 0.333. The molecule has 5 nitrogen and oxygen atoms in total. The van der Waals surface area contributed by atoms with E-state index in [4.69, 9.17) is 4.74 Å². The first kappa shape index (κ1) is 8.80. The maximum Gasteiger partial charge on any atom is 0.416 e. The second-order valence-corrected chi connectivity index (χ2v) is 3.04. The lowest BCUT2D eigenvalue weighted by Gasteiger charge is -2.29. The topological polar surface area (TPSA) is 62.7 Å². The Morgan fingerprint density at radius 1 is 1.57 bits per heavy atom. The van der Waals surface area contributed by atoms with E-state index in [0.717, 1.165) is 6.42 Å². The van der Waals surface area contributed by atoms with Gasteiger partial charge in [-0.15, -0.1) is 0 Å². The highest BCUT2D eigenvalue weighted by molar-refractivity contribution is 5.71. The van der Waals surface area contributed by atoms with Crippen LogP contribution < -0.4 is 4.74 Å². The van der Waals surface area contributed by atoms with E-state index >= 15 is 0 Å². The Morgan fingerprint density at radius 3 is 2.93 bits per heavy atom. The van der Waals surface area contributed by atoms with E-state index in [2.05, 4.69) is 4.98 Å². The van der Waals surface area contributed by atoms with Crippen LogP contribution in [-0.4, -0.2) is 34.2 Å². The van der Waals surface area contributed by atoms with Crippen molar-refractivity contribution < 1.29 is 14.6 Å². The molecule has 1 amide bonds. The predicted molar refractivity (Wildman–Crippen MR) is 48.1 cm³/mol. The molecule has 1 N–H and O–H groups in total.